The van der Waals surface area contributed by atoms with Gasteiger partial charge in [0.25, 0.3) is 11.8 Å². The number of rotatable bonds is 4. The van der Waals surface area contributed by atoms with Crippen LogP contribution in [0.15, 0.2) is 42.5 Å². The zero-order valence-electron chi connectivity index (χ0n) is 16.8. The molecule has 0 aliphatic carbocycles. The summed E-state index contributed by atoms with van der Waals surface area (Å²) in [5, 5.41) is 2.74. The number of fused-ring (bicyclic) bond motifs is 1. The fourth-order valence-electron chi connectivity index (χ4n) is 3.67. The van der Waals surface area contributed by atoms with Crippen molar-refractivity contribution in [2.45, 2.75) is 13.0 Å². The molecule has 1 fully saturated rings. The lowest BCUT2D eigenvalue weighted by Crippen LogP contribution is -3.15. The van der Waals surface area contributed by atoms with Crippen LogP contribution in [-0.4, -0.2) is 62.1 Å². The van der Waals surface area contributed by atoms with Gasteiger partial charge in [-0.15, -0.1) is 0 Å². The predicted octanol–water partition coefficient (Wildman–Crippen LogP) is 0.640. The number of piperazine rings is 1. The maximum Gasteiger partial charge on any atom is 0.279 e. The monoisotopic (exact) mass is 414 g/mol. The molecule has 158 valence electrons. The summed E-state index contributed by atoms with van der Waals surface area (Å²) in [6, 6.07) is 11.9. The van der Waals surface area contributed by atoms with Gasteiger partial charge >= 0.3 is 0 Å². The Kier molecular flexibility index (Phi) is 5.85. The van der Waals surface area contributed by atoms with E-state index in [1.165, 1.54) is 6.07 Å². The first-order valence-electron chi connectivity index (χ1n) is 10.1. The van der Waals surface area contributed by atoms with E-state index >= 15 is 0 Å². The Morgan fingerprint density at radius 2 is 1.90 bits per heavy atom. The average molecular weight is 414 g/mol. The fourth-order valence-corrected chi connectivity index (χ4v) is 3.67. The fraction of sp³-hybridized carbons (Fsp3) is 0.364. The molecule has 1 saturated heterocycles. The molecule has 7 nitrogen and oxygen atoms in total. The molecule has 2 aromatic carbocycles. The van der Waals surface area contributed by atoms with Crippen LogP contribution in [0.3, 0.4) is 0 Å². The van der Waals surface area contributed by atoms with Crippen molar-refractivity contribution in [3.05, 3.63) is 53.8 Å². The van der Waals surface area contributed by atoms with E-state index in [9.17, 15) is 14.0 Å². The van der Waals surface area contributed by atoms with Gasteiger partial charge in [-0.3, -0.25) is 9.59 Å². The van der Waals surface area contributed by atoms with Crippen molar-refractivity contribution >= 4 is 17.5 Å². The second-order valence-electron chi connectivity index (χ2n) is 7.63. The minimum Gasteiger partial charge on any atom is -0.485 e. The first-order valence-corrected chi connectivity index (χ1v) is 10.1. The number of quaternary nitrogens is 1. The summed E-state index contributed by atoms with van der Waals surface area (Å²) in [5.41, 5.74) is 0.987. The highest BCUT2D eigenvalue weighted by molar-refractivity contribution is 5.91. The van der Waals surface area contributed by atoms with Crippen LogP contribution in [0.1, 0.15) is 5.56 Å². The number of hydrogen-bond donors (Lipinski definition) is 2. The third-order valence-corrected chi connectivity index (χ3v) is 5.43. The summed E-state index contributed by atoms with van der Waals surface area (Å²) in [6.07, 6.45) is -0.652. The lowest BCUT2D eigenvalue weighted by molar-refractivity contribution is -0.895. The molecule has 0 aromatic heterocycles. The first kappa shape index (κ1) is 20.2. The number of benzene rings is 2. The quantitative estimate of drug-likeness (QED) is 0.770. The number of carbonyl (C=O) groups is 2. The number of anilines is 1. The van der Waals surface area contributed by atoms with E-state index in [-0.39, 0.29) is 30.8 Å². The molecular formula is C22H25FN3O4+. The number of nitrogens with zero attached hydrogens (tertiary/aromatic N) is 1. The molecule has 4 rings (SSSR count). The average Bonchev–Trinajstić information content (AvgIpc) is 2.76. The lowest BCUT2D eigenvalue weighted by atomic mass is 10.2. The highest BCUT2D eigenvalue weighted by atomic mass is 19.1. The maximum absolute atomic E-state index is 13.6. The number of ether oxygens (including phenoxy) is 2. The first-order chi connectivity index (χ1) is 14.5. The number of para-hydroxylation sites is 2. The zero-order valence-corrected chi connectivity index (χ0v) is 16.8. The van der Waals surface area contributed by atoms with Crippen LogP contribution >= 0.6 is 0 Å². The van der Waals surface area contributed by atoms with Crippen molar-refractivity contribution in [1.82, 2.24) is 4.90 Å². The normalized spacial score (nSPS) is 18.7. The molecule has 0 unspecified atom stereocenters. The Morgan fingerprint density at radius 1 is 1.17 bits per heavy atom. The second kappa shape index (κ2) is 8.71. The van der Waals surface area contributed by atoms with Gasteiger partial charge in [0.05, 0.1) is 26.2 Å². The molecule has 0 saturated carbocycles. The van der Waals surface area contributed by atoms with E-state index in [1.807, 2.05) is 18.2 Å². The van der Waals surface area contributed by atoms with Crippen molar-refractivity contribution in [3.63, 3.8) is 0 Å². The number of aryl methyl sites for hydroxylation is 1. The molecule has 2 aliphatic rings. The van der Waals surface area contributed by atoms with Crippen LogP contribution in [0, 0.1) is 12.7 Å². The Morgan fingerprint density at radius 3 is 2.63 bits per heavy atom. The lowest BCUT2D eigenvalue weighted by Gasteiger charge is -2.35. The van der Waals surface area contributed by atoms with Crippen molar-refractivity contribution in [3.8, 4) is 11.5 Å². The van der Waals surface area contributed by atoms with Crippen LogP contribution < -0.4 is 19.7 Å². The Balaban J connectivity index is 1.25. The molecule has 1 atom stereocenters. The van der Waals surface area contributed by atoms with Crippen molar-refractivity contribution in [1.29, 1.82) is 0 Å². The summed E-state index contributed by atoms with van der Waals surface area (Å²) < 4.78 is 25.1. The van der Waals surface area contributed by atoms with E-state index in [4.69, 9.17) is 9.47 Å². The van der Waals surface area contributed by atoms with Gasteiger partial charge in [-0.05, 0) is 36.8 Å². The van der Waals surface area contributed by atoms with Crippen molar-refractivity contribution in [2.75, 3.05) is 44.6 Å². The number of carbonyl (C=O) groups excluding carboxylic acids is 2. The molecule has 0 spiro atoms. The van der Waals surface area contributed by atoms with Gasteiger partial charge in [0, 0.05) is 5.69 Å². The van der Waals surface area contributed by atoms with E-state index in [0.717, 1.165) is 4.90 Å². The molecule has 2 amide bonds. The van der Waals surface area contributed by atoms with Gasteiger partial charge in [0.15, 0.2) is 18.0 Å². The minimum absolute atomic E-state index is 0.0943. The molecule has 2 aliphatic heterocycles. The molecule has 0 radical (unpaired) electrons. The molecule has 0 bridgehead atoms. The zero-order chi connectivity index (χ0) is 21.1. The van der Waals surface area contributed by atoms with Crippen LogP contribution in [0.5, 0.6) is 11.5 Å². The second-order valence-corrected chi connectivity index (χ2v) is 7.63. The standard InChI is InChI=1S/C22H24FN3O4/c1-15-6-7-16(12-17(15)23)24-21(27)13-25-8-10-26(11-9-25)22(28)20-14-29-18-4-2-3-5-19(18)30-20/h2-7,12,20H,8-11,13-14H2,1H3,(H,24,27)/p+1/t20-/m0/s1. The number of hydrogen-bond acceptors (Lipinski definition) is 4. The number of nitrogens with one attached hydrogen (secondary N) is 2. The van der Waals surface area contributed by atoms with Gasteiger partial charge in [-0.2, -0.15) is 0 Å². The van der Waals surface area contributed by atoms with Crippen LogP contribution in [0.4, 0.5) is 10.1 Å². The van der Waals surface area contributed by atoms with Gasteiger partial charge in [0.2, 0.25) is 6.10 Å². The van der Waals surface area contributed by atoms with Crippen LogP contribution in [-0.2, 0) is 9.59 Å². The van der Waals surface area contributed by atoms with E-state index < -0.39 is 6.10 Å². The van der Waals surface area contributed by atoms with Crippen LogP contribution in [0.2, 0.25) is 0 Å². The SMILES string of the molecule is Cc1ccc(NC(=O)C[NH+]2CCN(C(=O)[C@@H]3COc4ccccc4O3)CC2)cc1F. The highest BCUT2D eigenvalue weighted by Gasteiger charge is 2.34. The Hall–Kier alpha value is -3.13. The van der Waals surface area contributed by atoms with Gasteiger partial charge in [-0.25, -0.2) is 4.39 Å². The van der Waals surface area contributed by atoms with Gasteiger partial charge in [-0.1, -0.05) is 18.2 Å². The largest absolute Gasteiger partial charge is 0.485 e. The molecule has 2 heterocycles. The van der Waals surface area contributed by atoms with E-state index in [0.29, 0.717) is 48.9 Å². The van der Waals surface area contributed by atoms with E-state index in [2.05, 4.69) is 5.32 Å². The number of halogens is 1. The Labute approximate surface area is 174 Å². The summed E-state index contributed by atoms with van der Waals surface area (Å²) in [7, 11) is 0. The summed E-state index contributed by atoms with van der Waals surface area (Å²) >= 11 is 0. The smallest absolute Gasteiger partial charge is 0.279 e. The topological polar surface area (TPSA) is 72.3 Å². The summed E-state index contributed by atoms with van der Waals surface area (Å²) in [6.45, 7) is 4.54. The molecule has 2 aromatic rings. The third-order valence-electron chi connectivity index (χ3n) is 5.43. The predicted molar refractivity (Wildman–Crippen MR) is 108 cm³/mol. The molecule has 2 N–H and O–H groups in total. The molecule has 30 heavy (non-hydrogen) atoms. The molecule has 8 heteroatoms. The maximum atomic E-state index is 13.6. The Bertz CT molecular complexity index is 944. The third kappa shape index (κ3) is 4.54. The summed E-state index contributed by atoms with van der Waals surface area (Å²) in [5.74, 6) is 0.617. The van der Waals surface area contributed by atoms with Gasteiger partial charge < -0.3 is 24.6 Å². The minimum atomic E-state index is -0.652. The highest BCUT2D eigenvalue weighted by Crippen LogP contribution is 2.31. The van der Waals surface area contributed by atoms with Gasteiger partial charge in [0.1, 0.15) is 12.4 Å². The van der Waals surface area contributed by atoms with Crippen molar-refractivity contribution < 1.29 is 28.4 Å². The summed E-state index contributed by atoms with van der Waals surface area (Å²) in [4.78, 5) is 27.9. The van der Waals surface area contributed by atoms with Crippen molar-refractivity contribution in [2.24, 2.45) is 0 Å². The molecular weight excluding hydrogens is 389 g/mol. The van der Waals surface area contributed by atoms with Crippen LogP contribution in [0.25, 0.3) is 0 Å². The number of amides is 2. The van der Waals surface area contributed by atoms with E-state index in [1.54, 1.807) is 30.0 Å².